The largest absolute Gasteiger partial charge is 0.455 e. The Labute approximate surface area is 152 Å². The fourth-order valence-corrected chi connectivity index (χ4v) is 2.45. The molecule has 0 bridgehead atoms. The lowest BCUT2D eigenvalue weighted by Gasteiger charge is -2.15. The van der Waals surface area contributed by atoms with Gasteiger partial charge in [0.15, 0.2) is 6.61 Å². The quantitative estimate of drug-likeness (QED) is 0.776. The molecule has 2 aromatic carbocycles. The molecule has 4 nitrogen and oxygen atoms in total. The van der Waals surface area contributed by atoms with Gasteiger partial charge in [-0.25, -0.2) is 0 Å². The van der Waals surface area contributed by atoms with Crippen LogP contribution in [0.15, 0.2) is 42.5 Å². The molecule has 0 aromatic heterocycles. The third-order valence-corrected chi connectivity index (χ3v) is 3.86. The summed E-state index contributed by atoms with van der Waals surface area (Å²) in [5.74, 6) is -1.58. The highest BCUT2D eigenvalue weighted by Gasteiger charge is 2.34. The van der Waals surface area contributed by atoms with Gasteiger partial charge in [-0.3, -0.25) is 9.59 Å². The molecule has 0 aliphatic carbocycles. The Balaban J connectivity index is 1.98. The first-order valence-electron chi connectivity index (χ1n) is 7.54. The molecule has 8 heteroatoms. The Bertz CT molecular complexity index is 822. The number of anilines is 1. The Morgan fingerprint density at radius 3 is 2.46 bits per heavy atom. The highest BCUT2D eigenvalue weighted by atomic mass is 35.5. The van der Waals surface area contributed by atoms with Crippen molar-refractivity contribution >= 4 is 29.2 Å². The molecule has 0 heterocycles. The second-order valence-electron chi connectivity index (χ2n) is 5.47. The number of para-hydroxylation sites is 1. The van der Waals surface area contributed by atoms with Gasteiger partial charge in [0, 0.05) is 0 Å². The number of benzene rings is 2. The lowest BCUT2D eigenvalue weighted by Crippen LogP contribution is -2.23. The zero-order chi connectivity index (χ0) is 19.3. The third kappa shape index (κ3) is 5.23. The van der Waals surface area contributed by atoms with Crippen LogP contribution in [0, 0.1) is 6.92 Å². The Morgan fingerprint density at radius 1 is 1.12 bits per heavy atom. The Hall–Kier alpha value is -2.54. The maximum absolute atomic E-state index is 13.0. The summed E-state index contributed by atoms with van der Waals surface area (Å²) in [5.41, 5.74) is -0.0191. The van der Waals surface area contributed by atoms with E-state index in [0.29, 0.717) is 0 Å². The molecule has 1 N–H and O–H groups in total. The third-order valence-electron chi connectivity index (χ3n) is 3.54. The van der Waals surface area contributed by atoms with Crippen molar-refractivity contribution in [2.24, 2.45) is 0 Å². The van der Waals surface area contributed by atoms with Crippen LogP contribution in [-0.2, 0) is 26.9 Å². The molecule has 0 aliphatic rings. The first-order valence-corrected chi connectivity index (χ1v) is 7.92. The van der Waals surface area contributed by atoms with Crippen molar-refractivity contribution in [2.45, 2.75) is 19.5 Å². The van der Waals surface area contributed by atoms with E-state index in [0.717, 1.165) is 23.3 Å². The Morgan fingerprint density at radius 2 is 1.81 bits per heavy atom. The van der Waals surface area contributed by atoms with E-state index in [9.17, 15) is 22.8 Å². The second-order valence-corrected chi connectivity index (χ2v) is 5.88. The van der Waals surface area contributed by atoms with E-state index in [-0.39, 0.29) is 11.4 Å². The maximum atomic E-state index is 13.0. The van der Waals surface area contributed by atoms with E-state index in [1.54, 1.807) is 12.1 Å². The first-order chi connectivity index (χ1) is 12.2. The molecular formula is C18H15ClF3NO3. The van der Waals surface area contributed by atoms with Crippen LogP contribution in [0.5, 0.6) is 0 Å². The zero-order valence-electron chi connectivity index (χ0n) is 13.7. The molecule has 0 unspecified atom stereocenters. The molecule has 26 heavy (non-hydrogen) atoms. The minimum Gasteiger partial charge on any atom is -0.455 e. The van der Waals surface area contributed by atoms with Crippen molar-refractivity contribution in [2.75, 3.05) is 11.9 Å². The fraction of sp³-hybridized carbons (Fsp3) is 0.222. The molecule has 0 atom stereocenters. The lowest BCUT2D eigenvalue weighted by atomic mass is 10.1. The van der Waals surface area contributed by atoms with Crippen LogP contribution in [0.3, 0.4) is 0 Å². The summed E-state index contributed by atoms with van der Waals surface area (Å²) in [6.07, 6.45) is -4.73. The average molecular weight is 386 g/mol. The number of rotatable bonds is 5. The minimum atomic E-state index is -4.69. The molecule has 2 rings (SSSR count). The normalized spacial score (nSPS) is 11.1. The van der Waals surface area contributed by atoms with Gasteiger partial charge in [-0.15, -0.1) is 0 Å². The van der Waals surface area contributed by atoms with Crippen molar-refractivity contribution in [1.82, 2.24) is 0 Å². The number of carbonyl (C=O) groups is 2. The number of nitrogens with one attached hydrogen (secondary N) is 1. The van der Waals surface area contributed by atoms with Crippen LogP contribution in [0.4, 0.5) is 18.9 Å². The van der Waals surface area contributed by atoms with Gasteiger partial charge < -0.3 is 10.1 Å². The number of esters is 1. The van der Waals surface area contributed by atoms with Crippen LogP contribution in [0.1, 0.15) is 16.7 Å². The molecule has 0 saturated heterocycles. The van der Waals surface area contributed by atoms with Crippen molar-refractivity contribution < 1.29 is 27.5 Å². The van der Waals surface area contributed by atoms with Crippen LogP contribution in [0.2, 0.25) is 5.02 Å². The predicted molar refractivity (Wildman–Crippen MR) is 90.9 cm³/mol. The topological polar surface area (TPSA) is 55.4 Å². The summed E-state index contributed by atoms with van der Waals surface area (Å²) < 4.78 is 43.8. The smallest absolute Gasteiger partial charge is 0.418 e. The molecule has 0 fully saturated rings. The molecule has 2 aromatic rings. The number of hydrogen-bond acceptors (Lipinski definition) is 3. The second kappa shape index (κ2) is 8.23. The summed E-state index contributed by atoms with van der Waals surface area (Å²) in [7, 11) is 0. The summed E-state index contributed by atoms with van der Waals surface area (Å²) in [4.78, 5) is 23.7. The SMILES string of the molecule is Cc1ccccc1CC(=O)OCC(=O)Nc1c(Cl)cccc1C(F)(F)F. The van der Waals surface area contributed by atoms with E-state index in [4.69, 9.17) is 16.3 Å². The van der Waals surface area contributed by atoms with Gasteiger partial charge in [-0.2, -0.15) is 13.2 Å². The number of aryl methyl sites for hydroxylation is 1. The Kier molecular flexibility index (Phi) is 6.26. The highest BCUT2D eigenvalue weighted by Crippen LogP contribution is 2.38. The van der Waals surface area contributed by atoms with E-state index in [1.165, 1.54) is 6.07 Å². The number of carbonyl (C=O) groups excluding carboxylic acids is 2. The van der Waals surface area contributed by atoms with Gasteiger partial charge in [-0.05, 0) is 30.2 Å². The molecule has 0 radical (unpaired) electrons. The molecule has 1 amide bonds. The van der Waals surface area contributed by atoms with Crippen LogP contribution in [0.25, 0.3) is 0 Å². The first kappa shape index (κ1) is 19.8. The summed E-state index contributed by atoms with van der Waals surface area (Å²) in [5, 5.41) is 1.78. The van der Waals surface area contributed by atoms with Gasteiger partial charge in [0.1, 0.15) is 0 Å². The van der Waals surface area contributed by atoms with Crippen LogP contribution >= 0.6 is 11.6 Å². The van der Waals surface area contributed by atoms with E-state index < -0.39 is 35.9 Å². The van der Waals surface area contributed by atoms with Crippen LogP contribution in [-0.4, -0.2) is 18.5 Å². The maximum Gasteiger partial charge on any atom is 0.418 e. The number of amides is 1. The highest BCUT2D eigenvalue weighted by molar-refractivity contribution is 6.34. The summed E-state index contributed by atoms with van der Waals surface area (Å²) in [6.45, 7) is 1.11. The van der Waals surface area contributed by atoms with E-state index >= 15 is 0 Å². The van der Waals surface area contributed by atoms with Gasteiger partial charge >= 0.3 is 12.1 Å². The lowest BCUT2D eigenvalue weighted by molar-refractivity contribution is -0.146. The average Bonchev–Trinajstić information content (AvgIpc) is 2.56. The van der Waals surface area contributed by atoms with Gasteiger partial charge in [-0.1, -0.05) is 41.9 Å². The molecular weight excluding hydrogens is 371 g/mol. The van der Waals surface area contributed by atoms with Crippen molar-refractivity contribution in [1.29, 1.82) is 0 Å². The standard InChI is InChI=1S/C18H15ClF3NO3/c1-11-5-2-3-6-12(11)9-16(25)26-10-15(24)23-17-13(18(20,21)22)7-4-8-14(17)19/h2-8H,9-10H2,1H3,(H,23,24). The van der Waals surface area contributed by atoms with Crippen molar-refractivity contribution in [3.05, 3.63) is 64.2 Å². The van der Waals surface area contributed by atoms with Gasteiger partial charge in [0.25, 0.3) is 5.91 Å². The van der Waals surface area contributed by atoms with Gasteiger partial charge in [0.2, 0.25) is 0 Å². The fourth-order valence-electron chi connectivity index (χ4n) is 2.22. The molecule has 0 aliphatic heterocycles. The molecule has 0 spiro atoms. The number of halogens is 4. The van der Waals surface area contributed by atoms with Crippen LogP contribution < -0.4 is 5.32 Å². The number of alkyl halides is 3. The number of hydrogen-bond donors (Lipinski definition) is 1. The monoisotopic (exact) mass is 385 g/mol. The number of ether oxygens (including phenoxy) is 1. The van der Waals surface area contributed by atoms with Crippen molar-refractivity contribution in [3.63, 3.8) is 0 Å². The van der Waals surface area contributed by atoms with E-state index in [2.05, 4.69) is 0 Å². The molecule has 0 saturated carbocycles. The summed E-state index contributed by atoms with van der Waals surface area (Å²) >= 11 is 5.74. The van der Waals surface area contributed by atoms with Gasteiger partial charge in [0.05, 0.1) is 22.7 Å². The summed E-state index contributed by atoms with van der Waals surface area (Å²) in [6, 6.07) is 10.3. The van der Waals surface area contributed by atoms with Crippen molar-refractivity contribution in [3.8, 4) is 0 Å². The zero-order valence-corrected chi connectivity index (χ0v) is 14.4. The predicted octanol–water partition coefficient (Wildman–Crippen LogP) is 4.39. The minimum absolute atomic E-state index is 0.0418. The molecule has 138 valence electrons. The van der Waals surface area contributed by atoms with E-state index in [1.807, 2.05) is 24.4 Å².